The molecule has 0 saturated carbocycles. The van der Waals surface area contributed by atoms with Gasteiger partial charge < -0.3 is 16.6 Å². The molecule has 1 rings (SSSR count). The van der Waals surface area contributed by atoms with Crippen molar-refractivity contribution in [1.82, 2.24) is 9.97 Å². The zero-order valence-electron chi connectivity index (χ0n) is 7.47. The number of rotatable bonds is 3. The van der Waals surface area contributed by atoms with Gasteiger partial charge in [-0.3, -0.25) is 4.79 Å². The Morgan fingerprint density at radius 1 is 1.50 bits per heavy atom. The third-order valence-corrected chi connectivity index (χ3v) is 2.32. The molecule has 0 aliphatic rings. The van der Waals surface area contributed by atoms with E-state index in [2.05, 4.69) is 9.97 Å². The molecule has 0 unspecified atom stereocenters. The molecule has 0 saturated heterocycles. The van der Waals surface area contributed by atoms with Crippen LogP contribution in [0.4, 0.5) is 11.6 Å². The molecule has 0 fully saturated rings. The Morgan fingerprint density at radius 3 is 2.43 bits per heavy atom. The van der Waals surface area contributed by atoms with Crippen LogP contribution in [0.25, 0.3) is 0 Å². The number of carbonyl (C=O) groups is 1. The van der Waals surface area contributed by atoms with Crippen LogP contribution in [-0.4, -0.2) is 26.3 Å². The van der Waals surface area contributed by atoms with Gasteiger partial charge in [0.2, 0.25) is 0 Å². The van der Waals surface area contributed by atoms with E-state index in [1.807, 2.05) is 0 Å². The molecule has 0 aliphatic carbocycles. The maximum absolute atomic E-state index is 10.5. The van der Waals surface area contributed by atoms with E-state index in [0.29, 0.717) is 0 Å². The lowest BCUT2D eigenvalue weighted by Crippen LogP contribution is -2.12. The topological polar surface area (TPSA) is 115 Å². The summed E-state index contributed by atoms with van der Waals surface area (Å²) in [4.78, 5) is 18.2. The van der Waals surface area contributed by atoms with Crippen molar-refractivity contribution in [3.8, 4) is 0 Å². The Bertz CT molecular complexity index is 337. The van der Waals surface area contributed by atoms with E-state index in [1.165, 1.54) is 13.0 Å². The average molecular weight is 214 g/mol. The van der Waals surface area contributed by atoms with Crippen LogP contribution < -0.4 is 11.5 Å². The highest BCUT2D eigenvalue weighted by atomic mass is 32.2. The molecule has 0 spiro atoms. The minimum atomic E-state index is -0.931. The fourth-order valence-electron chi connectivity index (χ4n) is 0.723. The van der Waals surface area contributed by atoms with Crippen molar-refractivity contribution >= 4 is 29.4 Å². The number of aliphatic carboxylic acids is 1. The third-order valence-electron chi connectivity index (χ3n) is 1.38. The van der Waals surface area contributed by atoms with Crippen molar-refractivity contribution in [2.75, 3.05) is 11.5 Å². The van der Waals surface area contributed by atoms with Crippen molar-refractivity contribution < 1.29 is 9.90 Å². The summed E-state index contributed by atoms with van der Waals surface area (Å²) in [6.07, 6.45) is 0. The Hall–Kier alpha value is -1.50. The Labute approximate surface area is 84.7 Å². The van der Waals surface area contributed by atoms with Gasteiger partial charge in [-0.25, -0.2) is 9.97 Å². The number of hydrogen-bond donors (Lipinski definition) is 3. The standard InChI is InChI=1S/C7H10N4O2S/c1-3(6(12)13)14-7-10-4(8)2-5(9)11-7/h2-3H,1H3,(H,12,13)(H4,8,9,10,11)/t3-/m1/s1. The second kappa shape index (κ2) is 4.14. The number of hydrogen-bond acceptors (Lipinski definition) is 6. The van der Waals surface area contributed by atoms with E-state index in [-0.39, 0.29) is 16.8 Å². The minimum absolute atomic E-state index is 0.234. The first-order chi connectivity index (χ1) is 6.49. The summed E-state index contributed by atoms with van der Waals surface area (Å²) in [6, 6.07) is 1.41. The van der Waals surface area contributed by atoms with Gasteiger partial charge >= 0.3 is 5.97 Å². The second-order valence-electron chi connectivity index (χ2n) is 2.60. The highest BCUT2D eigenvalue weighted by Gasteiger charge is 2.14. The molecule has 0 aromatic carbocycles. The van der Waals surface area contributed by atoms with Crippen LogP contribution in [0.3, 0.4) is 0 Å². The highest BCUT2D eigenvalue weighted by Crippen LogP contribution is 2.21. The molecule has 5 N–H and O–H groups in total. The van der Waals surface area contributed by atoms with Crippen LogP contribution >= 0.6 is 11.8 Å². The minimum Gasteiger partial charge on any atom is -0.480 e. The Balaban J connectivity index is 2.81. The molecule has 1 aromatic heterocycles. The number of aromatic nitrogens is 2. The highest BCUT2D eigenvalue weighted by molar-refractivity contribution is 8.00. The average Bonchev–Trinajstić information content (AvgIpc) is 2.01. The molecule has 0 bridgehead atoms. The summed E-state index contributed by atoms with van der Waals surface area (Å²) >= 11 is 0.998. The fraction of sp³-hybridized carbons (Fsp3) is 0.286. The normalized spacial score (nSPS) is 12.4. The van der Waals surface area contributed by atoms with Crippen LogP contribution in [-0.2, 0) is 4.79 Å². The van der Waals surface area contributed by atoms with Gasteiger partial charge in [0.1, 0.15) is 16.9 Å². The third kappa shape index (κ3) is 2.77. The van der Waals surface area contributed by atoms with Gasteiger partial charge in [0.15, 0.2) is 5.16 Å². The number of nitrogens with zero attached hydrogens (tertiary/aromatic N) is 2. The smallest absolute Gasteiger partial charge is 0.316 e. The van der Waals surface area contributed by atoms with Gasteiger partial charge in [-0.1, -0.05) is 11.8 Å². The predicted octanol–water partition coefficient (Wildman–Crippen LogP) is 0.206. The summed E-state index contributed by atoms with van der Waals surface area (Å²) in [7, 11) is 0. The van der Waals surface area contributed by atoms with Crippen LogP contribution in [0, 0.1) is 0 Å². The summed E-state index contributed by atoms with van der Waals surface area (Å²) in [5, 5.41) is 8.29. The van der Waals surface area contributed by atoms with Gasteiger partial charge in [0.05, 0.1) is 0 Å². The molecule has 0 aliphatic heterocycles. The summed E-state index contributed by atoms with van der Waals surface area (Å²) in [5.74, 6) is -0.463. The molecule has 7 heteroatoms. The van der Waals surface area contributed by atoms with Gasteiger partial charge in [0.25, 0.3) is 0 Å². The van der Waals surface area contributed by atoms with Gasteiger partial charge in [0, 0.05) is 6.07 Å². The van der Waals surface area contributed by atoms with Crippen LogP contribution in [0.2, 0.25) is 0 Å². The monoisotopic (exact) mass is 214 g/mol. The number of nitrogens with two attached hydrogens (primary N) is 2. The lowest BCUT2D eigenvalue weighted by Gasteiger charge is -2.05. The van der Waals surface area contributed by atoms with Crippen molar-refractivity contribution in [3.05, 3.63) is 6.07 Å². The molecule has 1 heterocycles. The molecule has 1 aromatic rings. The summed E-state index contributed by atoms with van der Waals surface area (Å²) in [5.41, 5.74) is 10.8. The first kappa shape index (κ1) is 10.6. The summed E-state index contributed by atoms with van der Waals surface area (Å²) < 4.78 is 0. The lowest BCUT2D eigenvalue weighted by atomic mass is 10.5. The van der Waals surface area contributed by atoms with Crippen molar-refractivity contribution in [2.24, 2.45) is 0 Å². The molecule has 0 radical (unpaired) electrons. The van der Waals surface area contributed by atoms with Crippen LogP contribution in [0.1, 0.15) is 6.92 Å². The number of nitrogen functional groups attached to an aromatic ring is 2. The number of carboxylic acid groups (broad SMARTS) is 1. The van der Waals surface area contributed by atoms with Gasteiger partial charge in [-0.15, -0.1) is 0 Å². The maximum Gasteiger partial charge on any atom is 0.316 e. The van der Waals surface area contributed by atoms with Gasteiger partial charge in [-0.2, -0.15) is 0 Å². The van der Waals surface area contributed by atoms with Crippen LogP contribution in [0.5, 0.6) is 0 Å². The largest absolute Gasteiger partial charge is 0.480 e. The fourth-order valence-corrected chi connectivity index (χ4v) is 1.46. The van der Waals surface area contributed by atoms with E-state index in [4.69, 9.17) is 16.6 Å². The Morgan fingerprint density at radius 2 is 2.00 bits per heavy atom. The number of anilines is 2. The van der Waals surface area contributed by atoms with E-state index in [1.54, 1.807) is 0 Å². The summed E-state index contributed by atoms with van der Waals surface area (Å²) in [6.45, 7) is 1.54. The molecule has 6 nitrogen and oxygen atoms in total. The SMILES string of the molecule is C[C@@H](Sc1nc(N)cc(N)n1)C(=O)O. The van der Waals surface area contributed by atoms with E-state index in [9.17, 15) is 4.79 Å². The quantitative estimate of drug-likeness (QED) is 0.486. The predicted molar refractivity (Wildman–Crippen MR) is 53.8 cm³/mol. The van der Waals surface area contributed by atoms with E-state index >= 15 is 0 Å². The van der Waals surface area contributed by atoms with Crippen LogP contribution in [0.15, 0.2) is 11.2 Å². The van der Waals surface area contributed by atoms with Crippen molar-refractivity contribution in [1.29, 1.82) is 0 Å². The van der Waals surface area contributed by atoms with Crippen molar-refractivity contribution in [2.45, 2.75) is 17.3 Å². The zero-order valence-corrected chi connectivity index (χ0v) is 8.28. The molecule has 76 valence electrons. The van der Waals surface area contributed by atoms with Gasteiger partial charge in [-0.05, 0) is 6.92 Å². The zero-order chi connectivity index (χ0) is 10.7. The molecule has 1 atom stereocenters. The first-order valence-electron chi connectivity index (χ1n) is 3.78. The number of thioether (sulfide) groups is 1. The van der Waals surface area contributed by atoms with E-state index < -0.39 is 11.2 Å². The lowest BCUT2D eigenvalue weighted by molar-refractivity contribution is -0.136. The molecular formula is C7H10N4O2S. The second-order valence-corrected chi connectivity index (χ2v) is 3.91. The maximum atomic E-state index is 10.5. The Kier molecular flexibility index (Phi) is 3.13. The first-order valence-corrected chi connectivity index (χ1v) is 4.66. The van der Waals surface area contributed by atoms with Crippen molar-refractivity contribution in [3.63, 3.8) is 0 Å². The number of carboxylic acids is 1. The van der Waals surface area contributed by atoms with E-state index in [0.717, 1.165) is 11.8 Å². The molecular weight excluding hydrogens is 204 g/mol. The molecule has 0 amide bonds. The molecule has 14 heavy (non-hydrogen) atoms.